The van der Waals surface area contributed by atoms with Crippen LogP contribution in [-0.4, -0.2) is 55.1 Å². The lowest BCUT2D eigenvalue weighted by Crippen LogP contribution is -2.58. The van der Waals surface area contributed by atoms with Crippen molar-refractivity contribution < 1.29 is 0 Å². The highest BCUT2D eigenvalue weighted by Crippen LogP contribution is 2.19. The molecule has 84 valence electrons. The Labute approximate surface area is 88.2 Å². The zero-order valence-electron chi connectivity index (χ0n) is 10.1. The first-order valence-electron chi connectivity index (χ1n) is 5.59. The van der Waals surface area contributed by atoms with Gasteiger partial charge in [0.15, 0.2) is 0 Å². The Morgan fingerprint density at radius 1 is 1.36 bits per heavy atom. The molecule has 1 aliphatic rings. The molecule has 1 atom stereocenters. The number of likely N-dealkylation sites (N-methyl/N-ethyl adjacent to an activating group) is 1. The van der Waals surface area contributed by atoms with Gasteiger partial charge in [-0.3, -0.25) is 9.80 Å². The molecule has 0 aromatic carbocycles. The van der Waals surface area contributed by atoms with Gasteiger partial charge >= 0.3 is 0 Å². The molecular weight excluding hydrogens is 174 g/mol. The van der Waals surface area contributed by atoms with Crippen LogP contribution in [0.1, 0.15) is 20.8 Å². The lowest BCUT2D eigenvalue weighted by Gasteiger charge is -2.46. The minimum absolute atomic E-state index is 0.312. The molecule has 1 heterocycles. The quantitative estimate of drug-likeness (QED) is 0.723. The largest absolute Gasteiger partial charge is 0.330 e. The average molecular weight is 199 g/mol. The van der Waals surface area contributed by atoms with Crippen LogP contribution in [0, 0.1) is 5.92 Å². The van der Waals surface area contributed by atoms with E-state index >= 15 is 0 Å². The maximum atomic E-state index is 5.65. The van der Waals surface area contributed by atoms with Crippen LogP contribution in [-0.2, 0) is 0 Å². The third-order valence-corrected chi connectivity index (χ3v) is 3.37. The summed E-state index contributed by atoms with van der Waals surface area (Å²) in [6, 6.07) is 0. The standard InChI is InChI=1S/C11H25N3/c1-10(7-12)8-14-6-5-13(4)11(2,3)9-14/h10H,5-9,12H2,1-4H3. The summed E-state index contributed by atoms with van der Waals surface area (Å²) >= 11 is 0. The summed E-state index contributed by atoms with van der Waals surface area (Å²) in [6.45, 7) is 12.3. The van der Waals surface area contributed by atoms with Crippen LogP contribution in [0.3, 0.4) is 0 Å². The third kappa shape index (κ3) is 2.94. The molecule has 1 aliphatic heterocycles. The van der Waals surface area contributed by atoms with E-state index in [-0.39, 0.29) is 0 Å². The SMILES string of the molecule is CC(CN)CN1CCN(C)C(C)(C)C1. The van der Waals surface area contributed by atoms with Gasteiger partial charge in [-0.15, -0.1) is 0 Å². The molecule has 1 saturated heterocycles. The van der Waals surface area contributed by atoms with E-state index in [2.05, 4.69) is 37.6 Å². The lowest BCUT2D eigenvalue weighted by molar-refractivity contribution is 0.0339. The van der Waals surface area contributed by atoms with Crippen molar-refractivity contribution in [3.8, 4) is 0 Å². The summed E-state index contributed by atoms with van der Waals surface area (Å²) in [5.41, 5.74) is 5.96. The summed E-state index contributed by atoms with van der Waals surface area (Å²) in [6.07, 6.45) is 0. The Bertz CT molecular complexity index is 179. The van der Waals surface area contributed by atoms with Gasteiger partial charge in [0, 0.05) is 31.7 Å². The van der Waals surface area contributed by atoms with Crippen LogP contribution in [0.25, 0.3) is 0 Å². The minimum atomic E-state index is 0.312. The van der Waals surface area contributed by atoms with Gasteiger partial charge < -0.3 is 5.73 Å². The second kappa shape index (κ2) is 4.60. The van der Waals surface area contributed by atoms with Crippen LogP contribution < -0.4 is 5.73 Å². The first-order chi connectivity index (χ1) is 6.45. The second-order valence-electron chi connectivity index (χ2n) is 5.31. The molecule has 1 fully saturated rings. The molecule has 3 nitrogen and oxygen atoms in total. The summed E-state index contributed by atoms with van der Waals surface area (Å²) in [7, 11) is 2.21. The van der Waals surface area contributed by atoms with Gasteiger partial charge in [-0.25, -0.2) is 0 Å². The number of rotatable bonds is 3. The molecule has 1 unspecified atom stereocenters. The first-order valence-corrected chi connectivity index (χ1v) is 5.59. The van der Waals surface area contributed by atoms with Crippen LogP contribution in [0.5, 0.6) is 0 Å². The van der Waals surface area contributed by atoms with Crippen molar-refractivity contribution in [2.24, 2.45) is 11.7 Å². The maximum absolute atomic E-state index is 5.65. The summed E-state index contributed by atoms with van der Waals surface area (Å²) in [5.74, 6) is 0.620. The zero-order chi connectivity index (χ0) is 10.8. The smallest absolute Gasteiger partial charge is 0.0277 e. The van der Waals surface area contributed by atoms with E-state index in [0.717, 1.165) is 19.6 Å². The minimum Gasteiger partial charge on any atom is -0.330 e. The van der Waals surface area contributed by atoms with Gasteiger partial charge in [0.05, 0.1) is 0 Å². The van der Waals surface area contributed by atoms with Crippen molar-refractivity contribution in [3.63, 3.8) is 0 Å². The fourth-order valence-electron chi connectivity index (χ4n) is 2.01. The number of hydrogen-bond donors (Lipinski definition) is 1. The highest BCUT2D eigenvalue weighted by atomic mass is 15.3. The number of piperazine rings is 1. The first kappa shape index (κ1) is 12.0. The van der Waals surface area contributed by atoms with E-state index in [0.29, 0.717) is 11.5 Å². The summed E-state index contributed by atoms with van der Waals surface area (Å²) in [5, 5.41) is 0. The van der Waals surface area contributed by atoms with Gasteiger partial charge in [-0.2, -0.15) is 0 Å². The molecule has 0 spiro atoms. The van der Waals surface area contributed by atoms with Crippen molar-refractivity contribution in [2.45, 2.75) is 26.3 Å². The van der Waals surface area contributed by atoms with Crippen molar-refractivity contribution in [1.82, 2.24) is 9.80 Å². The highest BCUT2D eigenvalue weighted by Gasteiger charge is 2.30. The Morgan fingerprint density at radius 2 is 2.00 bits per heavy atom. The van der Waals surface area contributed by atoms with E-state index in [1.165, 1.54) is 13.1 Å². The molecular formula is C11H25N3. The molecule has 14 heavy (non-hydrogen) atoms. The predicted molar refractivity (Wildman–Crippen MR) is 61.4 cm³/mol. The van der Waals surface area contributed by atoms with Crippen LogP contribution in [0.4, 0.5) is 0 Å². The fourth-order valence-corrected chi connectivity index (χ4v) is 2.01. The fraction of sp³-hybridized carbons (Fsp3) is 1.00. The molecule has 0 amide bonds. The Hall–Kier alpha value is -0.120. The maximum Gasteiger partial charge on any atom is 0.0277 e. The molecule has 0 bridgehead atoms. The van der Waals surface area contributed by atoms with Gasteiger partial charge in [-0.1, -0.05) is 6.92 Å². The normalized spacial score (nSPS) is 26.4. The summed E-state index contributed by atoms with van der Waals surface area (Å²) in [4.78, 5) is 4.98. The Kier molecular flexibility index (Phi) is 3.93. The van der Waals surface area contributed by atoms with Gasteiger partial charge in [-0.05, 0) is 33.4 Å². The molecule has 0 aromatic heterocycles. The molecule has 0 aromatic rings. The molecule has 0 saturated carbocycles. The molecule has 2 N–H and O–H groups in total. The van der Waals surface area contributed by atoms with E-state index < -0.39 is 0 Å². The van der Waals surface area contributed by atoms with Crippen LogP contribution in [0.2, 0.25) is 0 Å². The van der Waals surface area contributed by atoms with E-state index in [4.69, 9.17) is 5.73 Å². The van der Waals surface area contributed by atoms with Crippen molar-refractivity contribution in [3.05, 3.63) is 0 Å². The van der Waals surface area contributed by atoms with Crippen molar-refractivity contribution in [1.29, 1.82) is 0 Å². The Morgan fingerprint density at radius 3 is 2.50 bits per heavy atom. The molecule has 1 rings (SSSR count). The van der Waals surface area contributed by atoms with E-state index in [1.54, 1.807) is 0 Å². The number of nitrogens with two attached hydrogens (primary N) is 1. The third-order valence-electron chi connectivity index (χ3n) is 3.37. The highest BCUT2D eigenvalue weighted by molar-refractivity contribution is 4.88. The number of hydrogen-bond acceptors (Lipinski definition) is 3. The molecule has 3 heteroatoms. The monoisotopic (exact) mass is 199 g/mol. The van der Waals surface area contributed by atoms with Crippen LogP contribution in [0.15, 0.2) is 0 Å². The van der Waals surface area contributed by atoms with Crippen molar-refractivity contribution >= 4 is 0 Å². The summed E-state index contributed by atoms with van der Waals surface area (Å²) < 4.78 is 0. The van der Waals surface area contributed by atoms with Crippen molar-refractivity contribution in [2.75, 3.05) is 39.8 Å². The van der Waals surface area contributed by atoms with Gasteiger partial charge in [0.2, 0.25) is 0 Å². The van der Waals surface area contributed by atoms with Crippen LogP contribution >= 0.6 is 0 Å². The van der Waals surface area contributed by atoms with E-state index in [9.17, 15) is 0 Å². The lowest BCUT2D eigenvalue weighted by atomic mass is 9.99. The Balaban J connectivity index is 2.43. The molecule has 0 aliphatic carbocycles. The second-order valence-corrected chi connectivity index (χ2v) is 5.31. The number of nitrogens with zero attached hydrogens (tertiary/aromatic N) is 2. The zero-order valence-corrected chi connectivity index (χ0v) is 10.1. The van der Waals surface area contributed by atoms with E-state index in [1.807, 2.05) is 0 Å². The topological polar surface area (TPSA) is 32.5 Å². The predicted octanol–water partition coefficient (Wildman–Crippen LogP) is 0.607. The van der Waals surface area contributed by atoms with Gasteiger partial charge in [0.1, 0.15) is 0 Å². The van der Waals surface area contributed by atoms with Gasteiger partial charge in [0.25, 0.3) is 0 Å². The average Bonchev–Trinajstić information content (AvgIpc) is 2.11. The molecule has 0 radical (unpaired) electrons.